The van der Waals surface area contributed by atoms with Gasteiger partial charge in [-0.15, -0.1) is 0 Å². The van der Waals surface area contributed by atoms with Gasteiger partial charge in [0.1, 0.15) is 0 Å². The summed E-state index contributed by atoms with van der Waals surface area (Å²) in [6, 6.07) is 11.6. The molecule has 1 heteroatoms. The number of rotatable bonds is 8. The normalized spacial score (nSPS) is 18.1. The van der Waals surface area contributed by atoms with Crippen LogP contribution in [0, 0.1) is 5.92 Å². The van der Waals surface area contributed by atoms with E-state index in [2.05, 4.69) is 42.6 Å². The summed E-state index contributed by atoms with van der Waals surface area (Å²) in [6.07, 6.45) is 12.4. The van der Waals surface area contributed by atoms with E-state index >= 15 is 0 Å². The van der Waals surface area contributed by atoms with Gasteiger partial charge in [0.15, 0.2) is 0 Å². The van der Waals surface area contributed by atoms with Gasteiger partial charge in [0, 0.05) is 6.04 Å². The lowest BCUT2D eigenvalue weighted by molar-refractivity contribution is 0.262. The summed E-state index contributed by atoms with van der Waals surface area (Å²) < 4.78 is 0. The second-order valence-electron chi connectivity index (χ2n) is 6.31. The largest absolute Gasteiger partial charge is 0.314 e. The molecule has 1 atom stereocenters. The Morgan fingerprint density at radius 3 is 2.50 bits per heavy atom. The van der Waals surface area contributed by atoms with E-state index in [1.165, 1.54) is 69.9 Å². The number of hydrogen-bond donors (Lipinski definition) is 1. The van der Waals surface area contributed by atoms with Gasteiger partial charge in [-0.05, 0) is 56.6 Å². The molecule has 0 amide bonds. The maximum Gasteiger partial charge on any atom is 0.00926 e. The lowest BCUT2D eigenvalue weighted by Crippen LogP contribution is -2.37. The summed E-state index contributed by atoms with van der Waals surface area (Å²) >= 11 is 0. The van der Waals surface area contributed by atoms with Gasteiger partial charge in [-0.3, -0.25) is 0 Å². The van der Waals surface area contributed by atoms with Crippen molar-refractivity contribution in [3.63, 3.8) is 0 Å². The molecule has 0 spiro atoms. The van der Waals surface area contributed by atoms with Crippen molar-refractivity contribution < 1.29 is 0 Å². The highest BCUT2D eigenvalue weighted by Gasteiger charge is 2.21. The minimum Gasteiger partial charge on any atom is -0.314 e. The van der Waals surface area contributed by atoms with Crippen molar-refractivity contribution in [2.24, 2.45) is 5.92 Å². The van der Waals surface area contributed by atoms with E-state index in [0.29, 0.717) is 0 Å². The zero-order valence-corrected chi connectivity index (χ0v) is 13.1. The maximum absolute atomic E-state index is 3.83. The molecule has 0 aliphatic heterocycles. The van der Waals surface area contributed by atoms with Crippen molar-refractivity contribution in [3.05, 3.63) is 35.9 Å². The van der Waals surface area contributed by atoms with Crippen LogP contribution >= 0.6 is 0 Å². The van der Waals surface area contributed by atoms with Gasteiger partial charge in [0.2, 0.25) is 0 Å². The average Bonchev–Trinajstić information content (AvgIpc) is 2.53. The fourth-order valence-corrected chi connectivity index (χ4v) is 3.57. The van der Waals surface area contributed by atoms with Crippen LogP contribution in [0.4, 0.5) is 0 Å². The van der Waals surface area contributed by atoms with E-state index in [-0.39, 0.29) is 0 Å². The molecule has 1 nitrogen and oxygen atoms in total. The van der Waals surface area contributed by atoms with E-state index in [9.17, 15) is 0 Å². The molecule has 20 heavy (non-hydrogen) atoms. The molecule has 0 saturated heterocycles. The third kappa shape index (κ3) is 5.28. The van der Waals surface area contributed by atoms with Gasteiger partial charge in [0.25, 0.3) is 0 Å². The minimum absolute atomic E-state index is 0.770. The lowest BCUT2D eigenvalue weighted by Gasteiger charge is -2.30. The number of benzene rings is 1. The molecular weight excluding hydrogens is 242 g/mol. The van der Waals surface area contributed by atoms with Crippen LogP contribution in [0.5, 0.6) is 0 Å². The van der Waals surface area contributed by atoms with Crippen LogP contribution in [0.15, 0.2) is 30.3 Å². The Labute approximate surface area is 125 Å². The molecule has 1 saturated carbocycles. The predicted molar refractivity (Wildman–Crippen MR) is 88.0 cm³/mol. The SMILES string of the molecule is CCC(NCCCCc1ccccc1)C1CCCCC1. The molecule has 112 valence electrons. The molecule has 1 unspecified atom stereocenters. The Balaban J connectivity index is 1.59. The summed E-state index contributed by atoms with van der Waals surface area (Å²) in [5.74, 6) is 0.947. The van der Waals surface area contributed by atoms with Crippen LogP contribution in [0.25, 0.3) is 0 Å². The van der Waals surface area contributed by atoms with Crippen LogP contribution < -0.4 is 5.32 Å². The summed E-state index contributed by atoms with van der Waals surface area (Å²) in [6.45, 7) is 3.54. The molecule has 0 aromatic heterocycles. The molecule has 2 rings (SSSR count). The van der Waals surface area contributed by atoms with Crippen molar-refractivity contribution in [2.75, 3.05) is 6.54 Å². The van der Waals surface area contributed by atoms with Gasteiger partial charge in [-0.2, -0.15) is 0 Å². The summed E-state index contributed by atoms with van der Waals surface area (Å²) in [4.78, 5) is 0. The fourth-order valence-electron chi connectivity index (χ4n) is 3.57. The lowest BCUT2D eigenvalue weighted by atomic mass is 9.83. The Kier molecular flexibility index (Phi) is 7.14. The highest BCUT2D eigenvalue weighted by molar-refractivity contribution is 5.14. The van der Waals surface area contributed by atoms with Crippen molar-refractivity contribution in [1.29, 1.82) is 0 Å². The predicted octanol–water partition coefficient (Wildman–Crippen LogP) is 4.96. The van der Waals surface area contributed by atoms with Crippen LogP contribution in [0.2, 0.25) is 0 Å². The highest BCUT2D eigenvalue weighted by Crippen LogP contribution is 2.27. The molecule has 1 aromatic rings. The Morgan fingerprint density at radius 1 is 1.05 bits per heavy atom. The number of aryl methyl sites for hydroxylation is 1. The summed E-state index contributed by atoms with van der Waals surface area (Å²) in [5.41, 5.74) is 1.48. The Morgan fingerprint density at radius 2 is 1.80 bits per heavy atom. The highest BCUT2D eigenvalue weighted by atomic mass is 14.9. The van der Waals surface area contributed by atoms with E-state index in [0.717, 1.165) is 12.0 Å². The molecule has 1 aromatic carbocycles. The van der Waals surface area contributed by atoms with Crippen LogP contribution in [0.1, 0.15) is 63.9 Å². The monoisotopic (exact) mass is 273 g/mol. The second-order valence-corrected chi connectivity index (χ2v) is 6.31. The number of unbranched alkanes of at least 4 members (excludes halogenated alkanes) is 1. The van der Waals surface area contributed by atoms with Gasteiger partial charge in [-0.25, -0.2) is 0 Å². The second kappa shape index (κ2) is 9.18. The Hall–Kier alpha value is -0.820. The molecule has 0 heterocycles. The molecule has 1 aliphatic rings. The van der Waals surface area contributed by atoms with Gasteiger partial charge in [0.05, 0.1) is 0 Å². The number of nitrogens with one attached hydrogen (secondary N) is 1. The van der Waals surface area contributed by atoms with Crippen LogP contribution in [-0.4, -0.2) is 12.6 Å². The third-order valence-corrected chi connectivity index (χ3v) is 4.80. The van der Waals surface area contributed by atoms with Gasteiger partial charge in [-0.1, -0.05) is 56.5 Å². The van der Waals surface area contributed by atoms with E-state index in [4.69, 9.17) is 0 Å². The maximum atomic E-state index is 3.83. The first-order chi connectivity index (χ1) is 9.90. The molecule has 0 radical (unpaired) electrons. The third-order valence-electron chi connectivity index (χ3n) is 4.80. The summed E-state index contributed by atoms with van der Waals surface area (Å²) in [5, 5.41) is 3.83. The first kappa shape index (κ1) is 15.6. The zero-order valence-electron chi connectivity index (χ0n) is 13.1. The molecule has 1 N–H and O–H groups in total. The van der Waals surface area contributed by atoms with E-state index in [1.54, 1.807) is 0 Å². The van der Waals surface area contributed by atoms with Gasteiger partial charge >= 0.3 is 0 Å². The van der Waals surface area contributed by atoms with Crippen molar-refractivity contribution >= 4 is 0 Å². The first-order valence-corrected chi connectivity index (χ1v) is 8.67. The van der Waals surface area contributed by atoms with Crippen LogP contribution in [0.3, 0.4) is 0 Å². The molecule has 1 aliphatic carbocycles. The fraction of sp³-hybridized carbons (Fsp3) is 0.684. The smallest absolute Gasteiger partial charge is 0.00926 e. The van der Waals surface area contributed by atoms with Crippen molar-refractivity contribution in [3.8, 4) is 0 Å². The van der Waals surface area contributed by atoms with E-state index < -0.39 is 0 Å². The first-order valence-electron chi connectivity index (χ1n) is 8.67. The average molecular weight is 273 g/mol. The topological polar surface area (TPSA) is 12.0 Å². The van der Waals surface area contributed by atoms with Gasteiger partial charge < -0.3 is 5.32 Å². The summed E-state index contributed by atoms with van der Waals surface area (Å²) in [7, 11) is 0. The van der Waals surface area contributed by atoms with E-state index in [1.807, 2.05) is 0 Å². The minimum atomic E-state index is 0.770. The van der Waals surface area contributed by atoms with Crippen molar-refractivity contribution in [1.82, 2.24) is 5.32 Å². The molecule has 1 fully saturated rings. The molecule has 0 bridgehead atoms. The zero-order chi connectivity index (χ0) is 14.0. The standard InChI is InChI=1S/C19H31N/c1-2-19(18-14-7-4-8-15-18)20-16-10-9-13-17-11-5-3-6-12-17/h3,5-6,11-12,18-20H,2,4,7-10,13-16H2,1H3. The van der Waals surface area contributed by atoms with Crippen LogP contribution in [-0.2, 0) is 6.42 Å². The number of hydrogen-bond acceptors (Lipinski definition) is 1. The van der Waals surface area contributed by atoms with Crippen molar-refractivity contribution in [2.45, 2.75) is 70.8 Å². The molecular formula is C19H31N. The Bertz CT molecular complexity index is 340. The quantitative estimate of drug-likeness (QED) is 0.660.